The zero-order valence-electron chi connectivity index (χ0n) is 20.3. The van der Waals surface area contributed by atoms with Gasteiger partial charge in [-0.2, -0.15) is 13.2 Å². The van der Waals surface area contributed by atoms with E-state index in [-0.39, 0.29) is 17.9 Å². The van der Waals surface area contributed by atoms with Crippen LogP contribution in [0.2, 0.25) is 5.02 Å². The molecular formula is C29H21ClF4N4O. The summed E-state index contributed by atoms with van der Waals surface area (Å²) in [5.41, 5.74) is 0.935. The van der Waals surface area contributed by atoms with Crippen molar-refractivity contribution in [2.24, 2.45) is 0 Å². The van der Waals surface area contributed by atoms with Crippen LogP contribution in [0.3, 0.4) is 0 Å². The van der Waals surface area contributed by atoms with Crippen molar-refractivity contribution in [3.05, 3.63) is 118 Å². The Hall–Kier alpha value is -4.11. The average molecular weight is 553 g/mol. The highest BCUT2D eigenvalue weighted by molar-refractivity contribution is 6.30. The number of fused-ring (bicyclic) bond motifs is 2. The van der Waals surface area contributed by atoms with E-state index in [4.69, 9.17) is 16.3 Å². The molecule has 0 fully saturated rings. The smallest absolute Gasteiger partial charge is 0.416 e. The molecule has 0 unspecified atom stereocenters. The van der Waals surface area contributed by atoms with Gasteiger partial charge in [0.15, 0.2) is 0 Å². The van der Waals surface area contributed by atoms with Crippen LogP contribution in [0.4, 0.5) is 23.5 Å². The molecule has 3 heterocycles. The van der Waals surface area contributed by atoms with Crippen molar-refractivity contribution in [3.8, 4) is 5.75 Å². The predicted octanol–water partition coefficient (Wildman–Crippen LogP) is 7.30. The fraction of sp³-hybridized carbons (Fsp3) is 0.172. The molecule has 1 atom stereocenters. The monoisotopic (exact) mass is 552 g/mol. The van der Waals surface area contributed by atoms with Gasteiger partial charge in [0.1, 0.15) is 17.1 Å². The molecule has 39 heavy (non-hydrogen) atoms. The number of alkyl halides is 3. The van der Waals surface area contributed by atoms with Crippen LogP contribution < -0.4 is 10.1 Å². The van der Waals surface area contributed by atoms with Gasteiger partial charge in [0.05, 0.1) is 33.9 Å². The SMILES string of the molecule is Fc1cc(C(F)(F)F)cc([C@@](Cc2ccccc2)(Nc2nc3cc4c(cc3[nH]2)OCC4)c2ccc(Cl)cn2)c1. The number of rotatable bonds is 6. The first-order valence-electron chi connectivity index (χ1n) is 12.2. The number of nitrogens with zero attached hydrogens (tertiary/aromatic N) is 2. The summed E-state index contributed by atoms with van der Waals surface area (Å²) in [6.45, 7) is 0.594. The van der Waals surface area contributed by atoms with E-state index >= 15 is 0 Å². The molecule has 2 N–H and O–H groups in total. The lowest BCUT2D eigenvalue weighted by atomic mass is 9.80. The Labute approximate surface area is 225 Å². The van der Waals surface area contributed by atoms with Gasteiger partial charge >= 0.3 is 6.18 Å². The third-order valence-electron chi connectivity index (χ3n) is 6.82. The number of imidazole rings is 1. The number of halogens is 5. The normalized spacial score (nSPS) is 14.6. The standard InChI is InChI=1S/C29H21ClF4N4O/c30-21-6-7-26(35-16-21)28(15-17-4-2-1-3-5-17,19-11-20(29(32,33)34)13-22(31)12-19)38-27-36-23-10-18-8-9-39-25(18)14-24(23)37-27/h1-7,10-14,16H,8-9,15H2,(H2,36,37,38)/t28-/m1/s1. The molecule has 1 aliphatic heterocycles. The van der Waals surface area contributed by atoms with E-state index in [1.54, 1.807) is 12.1 Å². The quantitative estimate of drug-likeness (QED) is 0.217. The maximum atomic E-state index is 14.8. The third kappa shape index (κ3) is 4.90. The zero-order chi connectivity index (χ0) is 27.2. The van der Waals surface area contributed by atoms with Gasteiger partial charge in [-0.3, -0.25) is 4.98 Å². The van der Waals surface area contributed by atoms with E-state index in [0.29, 0.717) is 34.4 Å². The Morgan fingerprint density at radius 3 is 2.51 bits per heavy atom. The second-order valence-corrected chi connectivity index (χ2v) is 9.88. The maximum Gasteiger partial charge on any atom is 0.416 e. The molecule has 0 saturated carbocycles. The minimum atomic E-state index is -4.76. The van der Waals surface area contributed by atoms with E-state index in [9.17, 15) is 17.6 Å². The Morgan fingerprint density at radius 2 is 1.77 bits per heavy atom. The highest BCUT2D eigenvalue weighted by Crippen LogP contribution is 2.40. The van der Waals surface area contributed by atoms with Crippen LogP contribution in [0.5, 0.6) is 5.75 Å². The molecule has 0 spiro atoms. The number of nitrogens with one attached hydrogen (secondary N) is 2. The second-order valence-electron chi connectivity index (χ2n) is 9.44. The number of anilines is 1. The summed E-state index contributed by atoms with van der Waals surface area (Å²) in [5, 5.41) is 3.66. The van der Waals surface area contributed by atoms with Crippen LogP contribution in [0, 0.1) is 5.82 Å². The van der Waals surface area contributed by atoms with Crippen LogP contribution in [-0.4, -0.2) is 21.6 Å². The number of pyridine rings is 1. The lowest BCUT2D eigenvalue weighted by molar-refractivity contribution is -0.137. The fourth-order valence-corrected chi connectivity index (χ4v) is 5.10. The van der Waals surface area contributed by atoms with Crippen molar-refractivity contribution < 1.29 is 22.3 Å². The molecule has 0 amide bonds. The maximum absolute atomic E-state index is 14.8. The van der Waals surface area contributed by atoms with Gasteiger partial charge in [0.2, 0.25) is 5.95 Å². The molecule has 10 heteroatoms. The first-order chi connectivity index (χ1) is 18.7. The highest BCUT2D eigenvalue weighted by atomic mass is 35.5. The van der Waals surface area contributed by atoms with E-state index < -0.39 is 23.1 Å². The lowest BCUT2D eigenvalue weighted by Crippen LogP contribution is -2.40. The van der Waals surface area contributed by atoms with Gasteiger partial charge < -0.3 is 15.0 Å². The topological polar surface area (TPSA) is 62.8 Å². The van der Waals surface area contributed by atoms with E-state index in [2.05, 4.69) is 20.3 Å². The molecular weight excluding hydrogens is 532 g/mol. The molecule has 0 saturated heterocycles. The number of benzene rings is 3. The summed E-state index contributed by atoms with van der Waals surface area (Å²) in [7, 11) is 0. The Kier molecular flexibility index (Phi) is 6.18. The summed E-state index contributed by atoms with van der Waals surface area (Å²) >= 11 is 6.12. The second kappa shape index (κ2) is 9.57. The number of aromatic nitrogens is 3. The summed E-state index contributed by atoms with van der Waals surface area (Å²) < 4.78 is 62.1. The summed E-state index contributed by atoms with van der Waals surface area (Å²) in [6.07, 6.45) is -2.47. The van der Waals surface area contributed by atoms with Crippen molar-refractivity contribution in [2.75, 3.05) is 11.9 Å². The molecule has 5 nitrogen and oxygen atoms in total. The zero-order valence-corrected chi connectivity index (χ0v) is 21.1. The van der Waals surface area contributed by atoms with Crippen LogP contribution >= 0.6 is 11.6 Å². The minimum Gasteiger partial charge on any atom is -0.493 e. The first kappa shape index (κ1) is 25.2. The average Bonchev–Trinajstić information content (AvgIpc) is 3.52. The van der Waals surface area contributed by atoms with Crippen LogP contribution in [0.25, 0.3) is 11.0 Å². The summed E-state index contributed by atoms with van der Waals surface area (Å²) in [4.78, 5) is 12.4. The molecule has 0 aliphatic carbocycles. The molecule has 0 bridgehead atoms. The van der Waals surface area contributed by atoms with Gasteiger partial charge in [-0.1, -0.05) is 41.9 Å². The van der Waals surface area contributed by atoms with Gasteiger partial charge in [-0.25, -0.2) is 9.37 Å². The molecule has 2 aromatic heterocycles. The number of hydrogen-bond donors (Lipinski definition) is 2. The van der Waals surface area contributed by atoms with Crippen molar-refractivity contribution in [2.45, 2.75) is 24.6 Å². The summed E-state index contributed by atoms with van der Waals surface area (Å²) in [6, 6.07) is 18.7. The van der Waals surface area contributed by atoms with Gasteiger partial charge in [-0.05, 0) is 53.1 Å². The molecule has 6 rings (SSSR count). The Morgan fingerprint density at radius 1 is 0.974 bits per heavy atom. The highest BCUT2D eigenvalue weighted by Gasteiger charge is 2.40. The minimum absolute atomic E-state index is 0.0276. The molecule has 198 valence electrons. The largest absolute Gasteiger partial charge is 0.493 e. The molecule has 0 radical (unpaired) electrons. The van der Waals surface area contributed by atoms with Crippen LogP contribution in [0.1, 0.15) is 27.9 Å². The Balaban J connectivity index is 1.58. The number of aromatic amines is 1. The van der Waals surface area contributed by atoms with Gasteiger partial charge in [0, 0.05) is 25.1 Å². The summed E-state index contributed by atoms with van der Waals surface area (Å²) in [5.74, 6) is 0.0120. The van der Waals surface area contributed by atoms with Crippen molar-refractivity contribution in [1.29, 1.82) is 0 Å². The van der Waals surface area contributed by atoms with E-state index in [1.165, 1.54) is 6.20 Å². The third-order valence-corrected chi connectivity index (χ3v) is 7.04. The number of ether oxygens (including phenoxy) is 1. The lowest BCUT2D eigenvalue weighted by Gasteiger charge is -2.35. The fourth-order valence-electron chi connectivity index (χ4n) is 4.99. The van der Waals surface area contributed by atoms with Gasteiger partial charge in [-0.15, -0.1) is 0 Å². The van der Waals surface area contributed by atoms with Crippen LogP contribution in [-0.2, 0) is 24.6 Å². The molecule has 1 aliphatic rings. The Bertz CT molecular complexity index is 1610. The molecule has 5 aromatic rings. The van der Waals surface area contributed by atoms with Gasteiger partial charge in [0.25, 0.3) is 0 Å². The van der Waals surface area contributed by atoms with Crippen molar-refractivity contribution in [1.82, 2.24) is 15.0 Å². The number of H-pyrrole nitrogens is 1. The van der Waals surface area contributed by atoms with E-state index in [0.717, 1.165) is 35.4 Å². The van der Waals surface area contributed by atoms with Crippen LogP contribution in [0.15, 0.2) is 79.0 Å². The molecule has 3 aromatic carbocycles. The first-order valence-corrected chi connectivity index (χ1v) is 12.6. The van der Waals surface area contributed by atoms with Crippen molar-refractivity contribution in [3.63, 3.8) is 0 Å². The number of hydrogen-bond acceptors (Lipinski definition) is 4. The van der Waals surface area contributed by atoms with Crippen molar-refractivity contribution >= 4 is 28.6 Å². The van der Waals surface area contributed by atoms with E-state index in [1.807, 2.05) is 42.5 Å². The predicted molar refractivity (Wildman–Crippen MR) is 140 cm³/mol.